The predicted octanol–water partition coefficient (Wildman–Crippen LogP) is 2.64. The molecule has 86 valence electrons. The summed E-state index contributed by atoms with van der Waals surface area (Å²) in [5, 5.41) is 14.1. The van der Waals surface area contributed by atoms with E-state index in [0.717, 1.165) is 5.56 Å². The second kappa shape index (κ2) is 4.56. The molecule has 0 saturated heterocycles. The Bertz CT molecular complexity index is 558. The van der Waals surface area contributed by atoms with Crippen LogP contribution in [0.2, 0.25) is 0 Å². The SMILES string of the molecule is Cc1cc(N=Cc2ccc([N+](=O)[O-])cc2)no1. The van der Waals surface area contributed by atoms with E-state index in [4.69, 9.17) is 4.52 Å². The number of non-ortho nitro benzene ring substituents is 1. The van der Waals surface area contributed by atoms with Gasteiger partial charge < -0.3 is 4.52 Å². The van der Waals surface area contributed by atoms with Crippen LogP contribution in [0.3, 0.4) is 0 Å². The van der Waals surface area contributed by atoms with E-state index in [0.29, 0.717) is 11.6 Å². The molecule has 0 unspecified atom stereocenters. The Hall–Kier alpha value is -2.50. The lowest BCUT2D eigenvalue weighted by molar-refractivity contribution is -0.384. The summed E-state index contributed by atoms with van der Waals surface area (Å²) in [6.45, 7) is 1.78. The number of nitro groups is 1. The molecule has 1 aromatic carbocycles. The lowest BCUT2D eigenvalue weighted by Gasteiger charge is -1.92. The summed E-state index contributed by atoms with van der Waals surface area (Å²) in [6.07, 6.45) is 1.57. The number of aryl methyl sites for hydroxylation is 1. The minimum absolute atomic E-state index is 0.0550. The number of benzene rings is 1. The van der Waals surface area contributed by atoms with E-state index in [9.17, 15) is 10.1 Å². The summed E-state index contributed by atoms with van der Waals surface area (Å²) in [5.74, 6) is 1.15. The molecule has 0 atom stereocenters. The molecular formula is C11H9N3O3. The Labute approximate surface area is 96.7 Å². The zero-order chi connectivity index (χ0) is 12.3. The van der Waals surface area contributed by atoms with Crippen molar-refractivity contribution >= 4 is 17.7 Å². The molecule has 0 spiro atoms. The van der Waals surface area contributed by atoms with Crippen LogP contribution in [0, 0.1) is 17.0 Å². The Morgan fingerprint density at radius 3 is 2.65 bits per heavy atom. The van der Waals surface area contributed by atoms with Gasteiger partial charge in [-0.15, -0.1) is 0 Å². The lowest BCUT2D eigenvalue weighted by atomic mass is 10.2. The second-order valence-electron chi connectivity index (χ2n) is 3.40. The molecule has 0 fully saturated rings. The average molecular weight is 231 g/mol. The lowest BCUT2D eigenvalue weighted by Crippen LogP contribution is -1.88. The minimum atomic E-state index is -0.443. The third-order valence-electron chi connectivity index (χ3n) is 2.07. The van der Waals surface area contributed by atoms with Gasteiger partial charge >= 0.3 is 0 Å². The van der Waals surface area contributed by atoms with Gasteiger partial charge in [-0.05, 0) is 24.6 Å². The first kappa shape index (κ1) is 11.0. The van der Waals surface area contributed by atoms with Crippen molar-refractivity contribution in [1.29, 1.82) is 0 Å². The molecule has 1 aromatic heterocycles. The number of hydrogen-bond acceptors (Lipinski definition) is 5. The smallest absolute Gasteiger partial charge is 0.269 e. The molecule has 0 amide bonds. The van der Waals surface area contributed by atoms with Crippen LogP contribution in [0.4, 0.5) is 11.5 Å². The van der Waals surface area contributed by atoms with E-state index in [1.807, 2.05) is 0 Å². The number of nitrogens with zero attached hydrogens (tertiary/aromatic N) is 3. The molecule has 2 rings (SSSR count). The highest BCUT2D eigenvalue weighted by molar-refractivity contribution is 5.81. The first-order valence-corrected chi connectivity index (χ1v) is 4.87. The molecule has 0 N–H and O–H groups in total. The molecule has 0 aliphatic carbocycles. The zero-order valence-corrected chi connectivity index (χ0v) is 9.03. The number of aliphatic imine (C=N–C) groups is 1. The third-order valence-corrected chi connectivity index (χ3v) is 2.07. The van der Waals surface area contributed by atoms with E-state index >= 15 is 0 Å². The van der Waals surface area contributed by atoms with Gasteiger partial charge in [0.05, 0.1) is 4.92 Å². The van der Waals surface area contributed by atoms with Crippen molar-refractivity contribution in [3.05, 3.63) is 51.8 Å². The van der Waals surface area contributed by atoms with Crippen molar-refractivity contribution in [3.63, 3.8) is 0 Å². The molecule has 0 saturated carbocycles. The van der Waals surface area contributed by atoms with Gasteiger partial charge in [-0.1, -0.05) is 5.16 Å². The van der Waals surface area contributed by atoms with E-state index < -0.39 is 4.92 Å². The fourth-order valence-corrected chi connectivity index (χ4v) is 1.24. The van der Waals surface area contributed by atoms with Crippen LogP contribution in [0.1, 0.15) is 11.3 Å². The summed E-state index contributed by atoms with van der Waals surface area (Å²) < 4.78 is 4.85. The van der Waals surface area contributed by atoms with Crippen LogP contribution >= 0.6 is 0 Å². The molecule has 0 aliphatic heterocycles. The van der Waals surface area contributed by atoms with Crippen LogP contribution in [0.15, 0.2) is 39.8 Å². The highest BCUT2D eigenvalue weighted by Gasteiger charge is 2.02. The maximum absolute atomic E-state index is 10.4. The Morgan fingerprint density at radius 1 is 1.41 bits per heavy atom. The Morgan fingerprint density at radius 2 is 2.12 bits per heavy atom. The van der Waals surface area contributed by atoms with Crippen LogP contribution in [-0.2, 0) is 0 Å². The summed E-state index contributed by atoms with van der Waals surface area (Å²) >= 11 is 0. The van der Waals surface area contributed by atoms with Gasteiger partial charge in [0.1, 0.15) is 5.76 Å². The highest BCUT2D eigenvalue weighted by atomic mass is 16.6. The standard InChI is InChI=1S/C11H9N3O3/c1-8-6-11(13-17-8)12-7-9-2-4-10(5-3-9)14(15)16/h2-7H,1H3. The molecule has 6 heteroatoms. The number of hydrogen-bond donors (Lipinski definition) is 0. The fraction of sp³-hybridized carbons (Fsp3) is 0.0909. The molecule has 1 heterocycles. The molecule has 0 aliphatic rings. The van der Waals surface area contributed by atoms with Gasteiger partial charge in [0.25, 0.3) is 5.69 Å². The number of rotatable bonds is 3. The predicted molar refractivity (Wildman–Crippen MR) is 61.6 cm³/mol. The van der Waals surface area contributed by atoms with E-state index in [2.05, 4.69) is 10.1 Å². The van der Waals surface area contributed by atoms with E-state index in [-0.39, 0.29) is 5.69 Å². The van der Waals surface area contributed by atoms with Crippen molar-refractivity contribution in [2.45, 2.75) is 6.92 Å². The molecular weight excluding hydrogens is 222 g/mol. The van der Waals surface area contributed by atoms with Crippen molar-refractivity contribution in [2.75, 3.05) is 0 Å². The summed E-state index contributed by atoms with van der Waals surface area (Å²) in [5.41, 5.74) is 0.815. The van der Waals surface area contributed by atoms with Gasteiger partial charge in [-0.25, -0.2) is 4.99 Å². The normalized spacial score (nSPS) is 10.9. The van der Waals surface area contributed by atoms with Gasteiger partial charge in [-0.2, -0.15) is 0 Å². The summed E-state index contributed by atoms with van der Waals surface area (Å²) in [6, 6.07) is 7.79. The quantitative estimate of drug-likeness (QED) is 0.462. The highest BCUT2D eigenvalue weighted by Crippen LogP contribution is 2.13. The second-order valence-corrected chi connectivity index (χ2v) is 3.40. The van der Waals surface area contributed by atoms with Crippen LogP contribution in [0.25, 0.3) is 0 Å². The molecule has 0 radical (unpaired) electrons. The molecule has 2 aromatic rings. The third kappa shape index (κ3) is 2.75. The van der Waals surface area contributed by atoms with Crippen molar-refractivity contribution in [1.82, 2.24) is 5.16 Å². The number of nitro benzene ring substituents is 1. The monoisotopic (exact) mass is 231 g/mol. The maximum atomic E-state index is 10.4. The van der Waals surface area contributed by atoms with Gasteiger partial charge in [-0.3, -0.25) is 10.1 Å². The van der Waals surface area contributed by atoms with Crippen molar-refractivity contribution < 1.29 is 9.45 Å². The largest absolute Gasteiger partial charge is 0.359 e. The Kier molecular flexibility index (Phi) is 2.95. The van der Waals surface area contributed by atoms with Crippen LogP contribution in [0.5, 0.6) is 0 Å². The zero-order valence-electron chi connectivity index (χ0n) is 9.03. The summed E-state index contributed by atoms with van der Waals surface area (Å²) in [7, 11) is 0. The maximum Gasteiger partial charge on any atom is 0.269 e. The van der Waals surface area contributed by atoms with E-state index in [1.165, 1.54) is 12.1 Å². The fourth-order valence-electron chi connectivity index (χ4n) is 1.24. The van der Waals surface area contributed by atoms with Gasteiger partial charge in [0, 0.05) is 24.4 Å². The van der Waals surface area contributed by atoms with Crippen LogP contribution < -0.4 is 0 Å². The molecule has 6 nitrogen and oxygen atoms in total. The van der Waals surface area contributed by atoms with Crippen molar-refractivity contribution in [3.8, 4) is 0 Å². The first-order chi connectivity index (χ1) is 8.15. The minimum Gasteiger partial charge on any atom is -0.359 e. The van der Waals surface area contributed by atoms with Gasteiger partial charge in [0.15, 0.2) is 5.82 Å². The van der Waals surface area contributed by atoms with Crippen molar-refractivity contribution in [2.24, 2.45) is 4.99 Å². The topological polar surface area (TPSA) is 81.5 Å². The molecule has 0 bridgehead atoms. The molecule has 17 heavy (non-hydrogen) atoms. The van der Waals surface area contributed by atoms with E-state index in [1.54, 1.807) is 31.3 Å². The average Bonchev–Trinajstić information content (AvgIpc) is 2.73. The van der Waals surface area contributed by atoms with Gasteiger partial charge in [0.2, 0.25) is 0 Å². The number of aromatic nitrogens is 1. The summed E-state index contributed by atoms with van der Waals surface area (Å²) in [4.78, 5) is 14.1. The first-order valence-electron chi connectivity index (χ1n) is 4.87. The van der Waals surface area contributed by atoms with Crippen LogP contribution in [-0.4, -0.2) is 16.3 Å². The Balaban J connectivity index is 2.13.